The van der Waals surface area contributed by atoms with Crippen LogP contribution in [0.5, 0.6) is 11.5 Å². The Morgan fingerprint density at radius 3 is 2.00 bits per heavy atom. The fourth-order valence-corrected chi connectivity index (χ4v) is 2.04. The van der Waals surface area contributed by atoms with Crippen LogP contribution in [0.25, 0.3) is 0 Å². The van der Waals surface area contributed by atoms with Gasteiger partial charge in [-0.1, -0.05) is 6.07 Å². The fraction of sp³-hybridized carbons (Fsp3) is 0.250. The molecule has 112 valence electrons. The molecular formula is C16H17F2NO2. The van der Waals surface area contributed by atoms with Crippen molar-refractivity contribution in [3.05, 3.63) is 53.6 Å². The number of anilines is 1. The maximum atomic E-state index is 13.7. The third kappa shape index (κ3) is 3.42. The van der Waals surface area contributed by atoms with Crippen LogP contribution < -0.4 is 14.8 Å². The highest BCUT2D eigenvalue weighted by Crippen LogP contribution is 2.26. The van der Waals surface area contributed by atoms with Crippen molar-refractivity contribution in [2.75, 3.05) is 19.5 Å². The first-order chi connectivity index (χ1) is 10.0. The molecule has 0 heterocycles. The van der Waals surface area contributed by atoms with Crippen LogP contribution in [0.1, 0.15) is 18.5 Å². The molecule has 0 radical (unpaired) electrons. The van der Waals surface area contributed by atoms with E-state index < -0.39 is 11.6 Å². The zero-order valence-electron chi connectivity index (χ0n) is 12.1. The standard InChI is InChI=1S/C16H17F2NO2/c1-10(11-4-6-15(20-2)13(17)8-11)19-12-5-7-16(21-3)14(18)9-12/h4-10,19H,1-3H3. The zero-order valence-corrected chi connectivity index (χ0v) is 12.1. The lowest BCUT2D eigenvalue weighted by Crippen LogP contribution is -2.07. The first-order valence-corrected chi connectivity index (χ1v) is 6.48. The van der Waals surface area contributed by atoms with Crippen molar-refractivity contribution in [3.8, 4) is 11.5 Å². The van der Waals surface area contributed by atoms with Gasteiger partial charge in [0.15, 0.2) is 23.1 Å². The van der Waals surface area contributed by atoms with Crippen LogP contribution in [-0.2, 0) is 0 Å². The highest BCUT2D eigenvalue weighted by atomic mass is 19.1. The van der Waals surface area contributed by atoms with Gasteiger partial charge in [-0.15, -0.1) is 0 Å². The Hall–Kier alpha value is -2.30. The molecule has 0 bridgehead atoms. The number of hydrogen-bond donors (Lipinski definition) is 1. The van der Waals surface area contributed by atoms with Crippen molar-refractivity contribution in [2.24, 2.45) is 0 Å². The summed E-state index contributed by atoms with van der Waals surface area (Å²) in [5, 5.41) is 3.11. The maximum absolute atomic E-state index is 13.7. The lowest BCUT2D eigenvalue weighted by atomic mass is 10.1. The molecule has 21 heavy (non-hydrogen) atoms. The van der Waals surface area contributed by atoms with E-state index in [0.717, 1.165) is 5.56 Å². The molecule has 0 aliphatic rings. The van der Waals surface area contributed by atoms with Crippen LogP contribution in [0.2, 0.25) is 0 Å². The largest absolute Gasteiger partial charge is 0.494 e. The molecule has 0 saturated carbocycles. The lowest BCUT2D eigenvalue weighted by molar-refractivity contribution is 0.386. The quantitative estimate of drug-likeness (QED) is 0.898. The van der Waals surface area contributed by atoms with Gasteiger partial charge in [0.1, 0.15) is 0 Å². The third-order valence-electron chi connectivity index (χ3n) is 3.21. The second-order valence-electron chi connectivity index (χ2n) is 4.61. The van der Waals surface area contributed by atoms with Crippen LogP contribution in [0.15, 0.2) is 36.4 Å². The fourth-order valence-electron chi connectivity index (χ4n) is 2.04. The molecule has 0 aliphatic carbocycles. The predicted molar refractivity (Wildman–Crippen MR) is 77.9 cm³/mol. The summed E-state index contributed by atoms with van der Waals surface area (Å²) in [4.78, 5) is 0. The molecule has 1 atom stereocenters. The molecule has 0 aromatic heterocycles. The number of nitrogens with one attached hydrogen (secondary N) is 1. The summed E-state index contributed by atoms with van der Waals surface area (Å²) in [5.74, 6) is -0.495. The third-order valence-corrected chi connectivity index (χ3v) is 3.21. The van der Waals surface area contributed by atoms with Gasteiger partial charge >= 0.3 is 0 Å². The van der Waals surface area contributed by atoms with Gasteiger partial charge in [0.25, 0.3) is 0 Å². The van der Waals surface area contributed by atoms with Gasteiger partial charge in [0.05, 0.1) is 14.2 Å². The topological polar surface area (TPSA) is 30.5 Å². The van der Waals surface area contributed by atoms with Crippen LogP contribution in [0, 0.1) is 11.6 Å². The van der Waals surface area contributed by atoms with E-state index in [0.29, 0.717) is 5.69 Å². The van der Waals surface area contributed by atoms with E-state index in [1.807, 2.05) is 6.92 Å². The van der Waals surface area contributed by atoms with Gasteiger partial charge in [-0.05, 0) is 36.8 Å². The number of methoxy groups -OCH3 is 2. The Bertz CT molecular complexity index is 632. The molecule has 0 amide bonds. The first kappa shape index (κ1) is 15.1. The zero-order chi connectivity index (χ0) is 15.4. The average molecular weight is 293 g/mol. The Kier molecular flexibility index (Phi) is 4.62. The van der Waals surface area contributed by atoms with Crippen molar-refractivity contribution in [1.29, 1.82) is 0 Å². The van der Waals surface area contributed by atoms with Gasteiger partial charge in [0, 0.05) is 17.8 Å². The number of ether oxygens (including phenoxy) is 2. The summed E-state index contributed by atoms with van der Waals surface area (Å²) in [6.07, 6.45) is 0. The van der Waals surface area contributed by atoms with E-state index in [4.69, 9.17) is 9.47 Å². The molecule has 2 aromatic carbocycles. The number of hydrogen-bond acceptors (Lipinski definition) is 3. The van der Waals surface area contributed by atoms with Crippen LogP contribution in [0.3, 0.4) is 0 Å². The average Bonchev–Trinajstić information content (AvgIpc) is 2.47. The summed E-state index contributed by atoms with van der Waals surface area (Å²) in [6, 6.07) is 9.14. The molecule has 2 aromatic rings. The molecular weight excluding hydrogens is 276 g/mol. The number of benzene rings is 2. The first-order valence-electron chi connectivity index (χ1n) is 6.48. The van der Waals surface area contributed by atoms with Crippen molar-refractivity contribution >= 4 is 5.69 Å². The molecule has 0 spiro atoms. The van der Waals surface area contributed by atoms with E-state index >= 15 is 0 Å². The molecule has 1 N–H and O–H groups in total. The van der Waals surface area contributed by atoms with E-state index in [1.165, 1.54) is 26.4 Å². The van der Waals surface area contributed by atoms with E-state index in [-0.39, 0.29) is 17.5 Å². The van der Waals surface area contributed by atoms with Crippen molar-refractivity contribution < 1.29 is 18.3 Å². The normalized spacial score (nSPS) is 11.9. The molecule has 0 saturated heterocycles. The van der Waals surface area contributed by atoms with E-state index in [9.17, 15) is 8.78 Å². The molecule has 2 rings (SSSR count). The highest BCUT2D eigenvalue weighted by Gasteiger charge is 2.11. The molecule has 1 unspecified atom stereocenters. The second kappa shape index (κ2) is 6.43. The van der Waals surface area contributed by atoms with Crippen molar-refractivity contribution in [3.63, 3.8) is 0 Å². The molecule has 3 nitrogen and oxygen atoms in total. The summed E-state index contributed by atoms with van der Waals surface area (Å²) in [5.41, 5.74) is 1.33. The summed E-state index contributed by atoms with van der Waals surface area (Å²) < 4.78 is 37.1. The Morgan fingerprint density at radius 2 is 1.48 bits per heavy atom. The summed E-state index contributed by atoms with van der Waals surface area (Å²) >= 11 is 0. The molecule has 0 fully saturated rings. The minimum Gasteiger partial charge on any atom is -0.494 e. The summed E-state index contributed by atoms with van der Waals surface area (Å²) in [7, 11) is 2.83. The lowest BCUT2D eigenvalue weighted by Gasteiger charge is -2.17. The van der Waals surface area contributed by atoms with E-state index in [1.54, 1.807) is 24.3 Å². The Balaban J connectivity index is 2.15. The van der Waals surface area contributed by atoms with Gasteiger partial charge in [0.2, 0.25) is 0 Å². The predicted octanol–water partition coefficient (Wildman–Crippen LogP) is 4.16. The maximum Gasteiger partial charge on any atom is 0.167 e. The number of rotatable bonds is 5. The Morgan fingerprint density at radius 1 is 0.905 bits per heavy atom. The minimum atomic E-state index is -0.449. The SMILES string of the molecule is COc1ccc(NC(C)c2ccc(OC)c(F)c2)cc1F. The van der Waals surface area contributed by atoms with Crippen LogP contribution in [-0.4, -0.2) is 14.2 Å². The second-order valence-corrected chi connectivity index (χ2v) is 4.61. The van der Waals surface area contributed by atoms with Crippen molar-refractivity contribution in [1.82, 2.24) is 0 Å². The highest BCUT2D eigenvalue weighted by molar-refractivity contribution is 5.49. The number of halogens is 2. The monoisotopic (exact) mass is 293 g/mol. The van der Waals surface area contributed by atoms with E-state index in [2.05, 4.69) is 5.32 Å². The van der Waals surface area contributed by atoms with Gasteiger partial charge < -0.3 is 14.8 Å². The van der Waals surface area contributed by atoms with Crippen LogP contribution >= 0.6 is 0 Å². The van der Waals surface area contributed by atoms with Crippen LogP contribution in [0.4, 0.5) is 14.5 Å². The van der Waals surface area contributed by atoms with Gasteiger partial charge in [-0.3, -0.25) is 0 Å². The van der Waals surface area contributed by atoms with Gasteiger partial charge in [-0.25, -0.2) is 8.78 Å². The smallest absolute Gasteiger partial charge is 0.167 e. The molecule has 0 aliphatic heterocycles. The van der Waals surface area contributed by atoms with Crippen molar-refractivity contribution in [2.45, 2.75) is 13.0 Å². The van der Waals surface area contributed by atoms with Gasteiger partial charge in [-0.2, -0.15) is 0 Å². The summed E-state index contributed by atoms with van der Waals surface area (Å²) in [6.45, 7) is 1.86. The Labute approximate surface area is 122 Å². The minimum absolute atomic E-state index is 0.182. The molecule has 5 heteroatoms.